The van der Waals surface area contributed by atoms with Gasteiger partial charge in [-0.3, -0.25) is 0 Å². The van der Waals surface area contributed by atoms with E-state index in [0.717, 1.165) is 36.9 Å². The summed E-state index contributed by atoms with van der Waals surface area (Å²) in [5.74, 6) is 0. The molecule has 0 aliphatic heterocycles. The lowest BCUT2D eigenvalue weighted by Gasteiger charge is -2.21. The quantitative estimate of drug-likeness (QED) is 0.291. The molecule has 0 unspecified atom stereocenters. The molecule has 1 heterocycles. The molecular weight excluding hydrogens is 414 g/mol. The fraction of sp³-hybridized carbons (Fsp3) is 0.219. The number of pyridine rings is 1. The SMILES string of the molecule is CO[C@H](c1cc(C)c2c3ccc(c2n1)CCc1ccc(cc1)CC3)c1cccc2ccccc12. The summed E-state index contributed by atoms with van der Waals surface area (Å²) < 4.78 is 6.11. The summed E-state index contributed by atoms with van der Waals surface area (Å²) in [7, 11) is 1.79. The number of aromatic nitrogens is 1. The van der Waals surface area contributed by atoms with Crippen LogP contribution in [0.15, 0.2) is 84.9 Å². The largest absolute Gasteiger partial charge is 0.370 e. The van der Waals surface area contributed by atoms with E-state index in [2.05, 4.69) is 91.9 Å². The molecule has 2 heteroatoms. The van der Waals surface area contributed by atoms with Crippen molar-refractivity contribution in [3.05, 3.63) is 124 Å². The lowest BCUT2D eigenvalue weighted by Crippen LogP contribution is -2.09. The second-order valence-corrected chi connectivity index (χ2v) is 9.47. The van der Waals surface area contributed by atoms with E-state index < -0.39 is 0 Å². The molecule has 0 fully saturated rings. The van der Waals surface area contributed by atoms with E-state index in [1.807, 2.05) is 0 Å². The van der Waals surface area contributed by atoms with Crippen molar-refractivity contribution in [1.29, 1.82) is 0 Å². The topological polar surface area (TPSA) is 22.1 Å². The zero-order chi connectivity index (χ0) is 23.1. The number of aryl methyl sites for hydroxylation is 5. The summed E-state index contributed by atoms with van der Waals surface area (Å²) in [6.45, 7) is 2.23. The van der Waals surface area contributed by atoms with E-state index in [9.17, 15) is 0 Å². The molecule has 0 N–H and O–H groups in total. The predicted octanol–water partition coefficient (Wildman–Crippen LogP) is 7.32. The van der Waals surface area contributed by atoms with Crippen LogP contribution in [0.4, 0.5) is 0 Å². The molecule has 5 aromatic rings. The van der Waals surface area contributed by atoms with E-state index in [4.69, 9.17) is 9.72 Å². The van der Waals surface area contributed by atoms with Crippen LogP contribution < -0.4 is 0 Å². The summed E-state index contributed by atoms with van der Waals surface area (Å²) in [4.78, 5) is 5.32. The van der Waals surface area contributed by atoms with Crippen LogP contribution in [0.1, 0.15) is 45.2 Å². The number of nitrogens with zero attached hydrogens (tertiary/aromatic N) is 1. The maximum Gasteiger partial charge on any atom is 0.125 e. The van der Waals surface area contributed by atoms with Gasteiger partial charge in [0, 0.05) is 12.5 Å². The minimum Gasteiger partial charge on any atom is -0.370 e. The maximum absolute atomic E-state index is 6.11. The Labute approximate surface area is 201 Å². The minimum atomic E-state index is -0.212. The average molecular weight is 444 g/mol. The van der Waals surface area contributed by atoms with Crippen molar-refractivity contribution < 1.29 is 4.74 Å². The highest BCUT2D eigenvalue weighted by atomic mass is 16.5. The Morgan fingerprint density at radius 2 is 1.41 bits per heavy atom. The number of hydrogen-bond acceptors (Lipinski definition) is 2. The maximum atomic E-state index is 6.11. The van der Waals surface area contributed by atoms with Gasteiger partial charge in [-0.15, -0.1) is 0 Å². The van der Waals surface area contributed by atoms with Gasteiger partial charge in [0.1, 0.15) is 6.10 Å². The number of methoxy groups -OCH3 is 1. The minimum absolute atomic E-state index is 0.212. The summed E-state index contributed by atoms with van der Waals surface area (Å²) in [6, 6.07) is 31.0. The number of ether oxygens (including phenoxy) is 1. The highest BCUT2D eigenvalue weighted by Crippen LogP contribution is 2.35. The van der Waals surface area contributed by atoms with Gasteiger partial charge in [0.15, 0.2) is 0 Å². The number of fused-ring (bicyclic) bond motifs is 1. The molecule has 4 aliphatic rings. The third-order valence-corrected chi connectivity index (χ3v) is 7.35. The molecule has 0 amide bonds. The number of rotatable bonds is 3. The molecular formula is C32H29NO. The molecule has 4 aliphatic carbocycles. The van der Waals surface area contributed by atoms with Gasteiger partial charge in [0.25, 0.3) is 0 Å². The van der Waals surface area contributed by atoms with Crippen molar-refractivity contribution in [2.24, 2.45) is 0 Å². The summed E-state index contributed by atoms with van der Waals surface area (Å²) in [5, 5.41) is 3.77. The Morgan fingerprint density at radius 3 is 2.18 bits per heavy atom. The standard InChI is InChI=1S/C32H29NO/c1-21-20-29(32(34-2)28-9-5-7-24-6-3-4-8-27(24)28)33-31-26-17-15-23-12-10-22(11-13-23)14-16-25(18-19-26)30(21)31/h3-13,18-20,32H,14-17H2,1-2H3/t32-/m0/s1. The third kappa shape index (κ3) is 3.69. The van der Waals surface area contributed by atoms with Crippen LogP contribution in [-0.4, -0.2) is 12.1 Å². The highest BCUT2D eigenvalue weighted by molar-refractivity contribution is 5.89. The summed E-state index contributed by atoms with van der Waals surface area (Å²) >= 11 is 0. The first-order chi connectivity index (χ1) is 16.7. The highest BCUT2D eigenvalue weighted by Gasteiger charge is 2.21. The van der Waals surface area contributed by atoms with Crippen LogP contribution in [0.3, 0.4) is 0 Å². The second kappa shape index (κ2) is 8.70. The monoisotopic (exact) mass is 443 g/mol. The van der Waals surface area contributed by atoms with E-state index in [1.54, 1.807) is 7.11 Å². The van der Waals surface area contributed by atoms with Crippen molar-refractivity contribution in [3.8, 4) is 0 Å². The molecule has 34 heavy (non-hydrogen) atoms. The van der Waals surface area contributed by atoms with E-state index in [1.165, 1.54) is 49.5 Å². The molecule has 9 rings (SSSR count). The normalized spacial score (nSPS) is 14.3. The molecule has 0 saturated carbocycles. The van der Waals surface area contributed by atoms with Gasteiger partial charge in [0.05, 0.1) is 11.2 Å². The fourth-order valence-corrected chi connectivity index (χ4v) is 5.56. The fourth-order valence-electron chi connectivity index (χ4n) is 5.56. The zero-order valence-electron chi connectivity index (χ0n) is 19.8. The first kappa shape index (κ1) is 21.1. The van der Waals surface area contributed by atoms with Gasteiger partial charge in [-0.1, -0.05) is 78.9 Å². The molecule has 0 radical (unpaired) electrons. The first-order valence-electron chi connectivity index (χ1n) is 12.2. The van der Waals surface area contributed by atoms with Crippen molar-refractivity contribution in [2.45, 2.75) is 38.7 Å². The summed E-state index contributed by atoms with van der Waals surface area (Å²) in [5.41, 5.74) is 10.1. The molecule has 2 nitrogen and oxygen atoms in total. The molecule has 1 atom stereocenters. The summed E-state index contributed by atoms with van der Waals surface area (Å²) in [6.07, 6.45) is 3.87. The van der Waals surface area contributed by atoms with Gasteiger partial charge in [-0.25, -0.2) is 4.98 Å². The Hall–Kier alpha value is -3.49. The van der Waals surface area contributed by atoms with Crippen molar-refractivity contribution in [2.75, 3.05) is 7.11 Å². The van der Waals surface area contributed by atoms with Gasteiger partial charge in [0.2, 0.25) is 0 Å². The van der Waals surface area contributed by atoms with Gasteiger partial charge in [-0.2, -0.15) is 0 Å². The lowest BCUT2D eigenvalue weighted by atomic mass is 9.90. The average Bonchev–Trinajstić information content (AvgIpc) is 2.86. The molecule has 1 aromatic heterocycles. The number of hydrogen-bond donors (Lipinski definition) is 0. The van der Waals surface area contributed by atoms with Crippen LogP contribution in [0.25, 0.3) is 21.7 Å². The van der Waals surface area contributed by atoms with Gasteiger partial charge < -0.3 is 4.74 Å². The Kier molecular flexibility index (Phi) is 5.39. The zero-order valence-corrected chi connectivity index (χ0v) is 19.8. The molecule has 4 bridgehead atoms. The van der Waals surface area contributed by atoms with E-state index in [0.29, 0.717) is 0 Å². The van der Waals surface area contributed by atoms with Crippen molar-refractivity contribution >= 4 is 21.7 Å². The lowest BCUT2D eigenvalue weighted by molar-refractivity contribution is 0.134. The smallest absolute Gasteiger partial charge is 0.125 e. The van der Waals surface area contributed by atoms with Crippen molar-refractivity contribution in [3.63, 3.8) is 0 Å². The van der Waals surface area contributed by atoms with Crippen LogP contribution >= 0.6 is 0 Å². The van der Waals surface area contributed by atoms with E-state index >= 15 is 0 Å². The van der Waals surface area contributed by atoms with Crippen LogP contribution in [0.2, 0.25) is 0 Å². The van der Waals surface area contributed by atoms with Crippen LogP contribution in [-0.2, 0) is 30.4 Å². The van der Waals surface area contributed by atoms with Crippen LogP contribution in [0.5, 0.6) is 0 Å². The van der Waals surface area contributed by atoms with Gasteiger partial charge >= 0.3 is 0 Å². The number of benzene rings is 4. The van der Waals surface area contributed by atoms with Crippen molar-refractivity contribution in [1.82, 2.24) is 4.98 Å². The molecule has 0 spiro atoms. The molecule has 0 saturated heterocycles. The first-order valence-corrected chi connectivity index (χ1v) is 12.2. The Balaban J connectivity index is 1.52. The Morgan fingerprint density at radius 1 is 0.735 bits per heavy atom. The molecule has 168 valence electrons. The van der Waals surface area contributed by atoms with E-state index in [-0.39, 0.29) is 6.10 Å². The van der Waals surface area contributed by atoms with Gasteiger partial charge in [-0.05, 0) is 82.8 Å². The second-order valence-electron chi connectivity index (χ2n) is 9.47. The Bertz CT molecular complexity index is 1490. The predicted molar refractivity (Wildman–Crippen MR) is 141 cm³/mol. The molecule has 4 aromatic carbocycles. The third-order valence-electron chi connectivity index (χ3n) is 7.35. The van der Waals surface area contributed by atoms with Crippen LogP contribution in [0, 0.1) is 6.92 Å².